The van der Waals surface area contributed by atoms with E-state index in [0.717, 1.165) is 158 Å². The molecule has 4 aromatic heterocycles. The predicted octanol–water partition coefficient (Wildman–Crippen LogP) is 15.5. The quantitative estimate of drug-likeness (QED) is 0.164. The number of nitrogens with zero attached hydrogens (tertiary/aromatic N) is 2. The molecule has 70 heavy (non-hydrogen) atoms. The van der Waals surface area contributed by atoms with Crippen molar-refractivity contribution in [2.45, 2.75) is 126 Å². The summed E-state index contributed by atoms with van der Waals surface area (Å²) in [5.41, 5.74) is 17.6. The molecule has 22 rings (SSSR count). The highest BCUT2D eigenvalue weighted by molar-refractivity contribution is 6.28. The fourth-order valence-electron chi connectivity index (χ4n) is 17.4. The Morgan fingerprint density at radius 1 is 0.257 bits per heavy atom. The van der Waals surface area contributed by atoms with Crippen LogP contribution in [0.15, 0.2) is 72.8 Å². The van der Waals surface area contributed by atoms with Crippen molar-refractivity contribution in [3.8, 4) is 11.1 Å². The van der Waals surface area contributed by atoms with Crippen molar-refractivity contribution in [1.82, 2.24) is 8.80 Å². The van der Waals surface area contributed by atoms with E-state index in [0.29, 0.717) is 46.8 Å². The molecule has 4 heterocycles. The van der Waals surface area contributed by atoms with E-state index in [9.17, 15) is 19.2 Å². The molecule has 6 nitrogen and oxygen atoms in total. The second-order valence-corrected chi connectivity index (χ2v) is 24.0. The second-order valence-electron chi connectivity index (χ2n) is 24.0. The van der Waals surface area contributed by atoms with Crippen LogP contribution in [0.2, 0.25) is 0 Å². The molecule has 12 aliphatic carbocycles. The normalized spacial score (nSPS) is 28.1. The predicted molar refractivity (Wildman–Crippen MR) is 277 cm³/mol. The van der Waals surface area contributed by atoms with Crippen LogP contribution in [0.3, 0.4) is 0 Å². The first-order chi connectivity index (χ1) is 34.3. The summed E-state index contributed by atoms with van der Waals surface area (Å²) in [6.45, 7) is 0. The van der Waals surface area contributed by atoms with E-state index in [1.807, 2.05) is 0 Å². The Morgan fingerprint density at radius 3 is 0.700 bits per heavy atom. The summed E-state index contributed by atoms with van der Waals surface area (Å²) < 4.78 is 4.85. The van der Waals surface area contributed by atoms with Crippen molar-refractivity contribution < 1.29 is 19.2 Å². The maximum atomic E-state index is 14.3. The number of fused-ring (bicyclic) bond motifs is 20. The summed E-state index contributed by atoms with van der Waals surface area (Å²) in [7, 11) is 0. The number of benzene rings is 6. The van der Waals surface area contributed by atoms with Gasteiger partial charge in [0.05, 0.1) is 33.1 Å². The fourth-order valence-corrected chi connectivity index (χ4v) is 17.4. The van der Waals surface area contributed by atoms with Crippen LogP contribution in [-0.2, 0) is 0 Å². The first-order valence-corrected chi connectivity index (χ1v) is 27.2. The molecule has 6 aromatic carbocycles. The molecule has 6 heteroatoms. The van der Waals surface area contributed by atoms with E-state index in [1.54, 1.807) is 0 Å². The van der Waals surface area contributed by atoms with Gasteiger partial charge in [-0.3, -0.25) is 19.2 Å². The van der Waals surface area contributed by atoms with E-state index in [2.05, 4.69) is 81.6 Å². The molecule has 0 radical (unpaired) electrons. The molecule has 0 unspecified atom stereocenters. The number of hydrogen-bond donors (Lipinski definition) is 0. The molecule has 0 spiro atoms. The van der Waals surface area contributed by atoms with Gasteiger partial charge in [-0.05, 0) is 233 Å². The Balaban J connectivity index is 0.964. The van der Waals surface area contributed by atoms with Crippen molar-refractivity contribution in [3.05, 3.63) is 117 Å². The van der Waals surface area contributed by atoms with Gasteiger partial charge in [-0.1, -0.05) is 0 Å². The van der Waals surface area contributed by atoms with Crippen LogP contribution < -0.4 is 0 Å². The largest absolute Gasteiger partial charge is 0.308 e. The van der Waals surface area contributed by atoms with Gasteiger partial charge in [0.2, 0.25) is 0 Å². The molecule has 0 saturated heterocycles. The molecular formula is C64H52N2O4. The number of Topliss-reactive ketones (excluding diaryl/α,β-unsaturated/α-hetero) is 4. The topological polar surface area (TPSA) is 77.1 Å². The summed E-state index contributed by atoms with van der Waals surface area (Å²) in [5, 5.41) is 9.59. The molecule has 0 N–H and O–H groups in total. The molecule has 4 fully saturated rings. The molecule has 8 bridgehead atoms. The van der Waals surface area contributed by atoms with Crippen LogP contribution in [-0.4, -0.2) is 31.9 Å². The van der Waals surface area contributed by atoms with Crippen LogP contribution in [0, 0.1) is 23.7 Å². The van der Waals surface area contributed by atoms with Crippen LogP contribution in [0.4, 0.5) is 0 Å². The molecule has 342 valence electrons. The molecule has 0 aliphatic heterocycles. The van der Waals surface area contributed by atoms with Gasteiger partial charge in [0.1, 0.15) is 0 Å². The zero-order chi connectivity index (χ0) is 45.7. The van der Waals surface area contributed by atoms with E-state index in [1.165, 1.54) is 76.4 Å². The van der Waals surface area contributed by atoms with Crippen LogP contribution in [0.5, 0.6) is 0 Å². The Kier molecular flexibility index (Phi) is 7.08. The minimum atomic E-state index is 0.107. The number of carbonyl (C=O) groups is 4. The summed E-state index contributed by atoms with van der Waals surface area (Å²) in [6.07, 6.45) is 16.3. The lowest BCUT2D eigenvalue weighted by atomic mass is 9.82. The Bertz CT molecular complexity index is 3620. The van der Waals surface area contributed by atoms with Gasteiger partial charge in [-0.15, -0.1) is 0 Å². The standard InChI is InChI=1S/C64H52N2O4/c67-61-33-9-1-29(2-10-33)39-21-43-47-17-37(18-48-44-22-40-30-3-11-34(12-4-30)62(68)52(40)26-56(44)65(59(47)48)55(43)25-51(39)61)38-19-49-45-23-41-31-5-13-35(14-6-31)63(69)53(41)27-57(45)66-58-28-54-42(24-46(58)50(20-38)60(49)66)32-7-15-36(16-8-32)64(54)70/h17-36H,1-16H2. The van der Waals surface area contributed by atoms with Crippen molar-refractivity contribution >= 4 is 99.3 Å². The van der Waals surface area contributed by atoms with Gasteiger partial charge in [0, 0.05) is 89.0 Å². The zero-order valence-electron chi connectivity index (χ0n) is 39.4. The molecule has 0 atom stereocenters. The van der Waals surface area contributed by atoms with Gasteiger partial charge in [0.15, 0.2) is 23.1 Å². The van der Waals surface area contributed by atoms with E-state index >= 15 is 0 Å². The summed E-state index contributed by atoms with van der Waals surface area (Å²) in [5.74, 6) is 3.27. The first kappa shape index (κ1) is 38.4. The Labute approximate surface area is 404 Å². The third-order valence-electron chi connectivity index (χ3n) is 21.0. The monoisotopic (exact) mass is 912 g/mol. The Hall–Kier alpha value is -6.40. The van der Waals surface area contributed by atoms with Gasteiger partial charge in [-0.25, -0.2) is 0 Å². The highest BCUT2D eigenvalue weighted by Crippen LogP contribution is 2.54. The highest BCUT2D eigenvalue weighted by atomic mass is 16.1. The molecule has 4 saturated carbocycles. The number of aromatic nitrogens is 2. The highest BCUT2D eigenvalue weighted by Gasteiger charge is 2.41. The SMILES string of the molecule is O=C1c2cc3c(cc2C2CCC1CC2)c1cc(-c2cc4c5cc6c(cc5n5c7cc8c(cc7c(c2)c45)C2CCC(CC2)C8=O)C(=O)C2CCC6CC2)cc2c4cc5c(cc4n3c12)C(=O)C1CCC5CC1. The third kappa shape index (κ3) is 4.61. The second kappa shape index (κ2) is 12.9. The van der Waals surface area contributed by atoms with Crippen LogP contribution in [0.25, 0.3) is 87.3 Å². The van der Waals surface area contributed by atoms with Gasteiger partial charge >= 0.3 is 0 Å². The lowest BCUT2D eigenvalue weighted by molar-refractivity contribution is 0.0891. The number of rotatable bonds is 1. The van der Waals surface area contributed by atoms with Crippen molar-refractivity contribution in [3.63, 3.8) is 0 Å². The number of carbonyl (C=O) groups excluding carboxylic acids is 4. The third-order valence-corrected chi connectivity index (χ3v) is 21.0. The lowest BCUT2D eigenvalue weighted by Gasteiger charge is -2.22. The van der Waals surface area contributed by atoms with E-state index in [-0.39, 0.29) is 23.7 Å². The minimum Gasteiger partial charge on any atom is -0.308 e. The zero-order valence-corrected chi connectivity index (χ0v) is 39.4. The number of hydrogen-bond acceptors (Lipinski definition) is 4. The van der Waals surface area contributed by atoms with E-state index in [4.69, 9.17) is 0 Å². The van der Waals surface area contributed by atoms with Crippen LogP contribution in [0.1, 0.15) is 190 Å². The first-order valence-electron chi connectivity index (χ1n) is 27.2. The minimum absolute atomic E-state index is 0.107. The van der Waals surface area contributed by atoms with Crippen molar-refractivity contribution in [2.24, 2.45) is 23.7 Å². The molecule has 10 aromatic rings. The molecular weight excluding hydrogens is 861 g/mol. The summed E-state index contributed by atoms with van der Waals surface area (Å²) in [4.78, 5) is 57.4. The van der Waals surface area contributed by atoms with Crippen LogP contribution >= 0.6 is 0 Å². The van der Waals surface area contributed by atoms with Crippen molar-refractivity contribution in [1.29, 1.82) is 0 Å². The number of ketones is 4. The maximum Gasteiger partial charge on any atom is 0.166 e. The Morgan fingerprint density at radius 2 is 0.471 bits per heavy atom. The molecule has 12 aliphatic rings. The van der Waals surface area contributed by atoms with Crippen molar-refractivity contribution in [2.75, 3.05) is 0 Å². The van der Waals surface area contributed by atoms with E-state index < -0.39 is 0 Å². The maximum absolute atomic E-state index is 14.3. The smallest absolute Gasteiger partial charge is 0.166 e. The lowest BCUT2D eigenvalue weighted by Crippen LogP contribution is -2.15. The average molecular weight is 913 g/mol. The van der Waals surface area contributed by atoms with Gasteiger partial charge < -0.3 is 8.80 Å². The molecule has 0 amide bonds. The average Bonchev–Trinajstić information content (AvgIpc) is 3.89. The fraction of sp³-hybridized carbons (Fsp3) is 0.375. The summed E-state index contributed by atoms with van der Waals surface area (Å²) in [6, 6.07) is 28.3. The summed E-state index contributed by atoms with van der Waals surface area (Å²) >= 11 is 0. The van der Waals surface area contributed by atoms with Gasteiger partial charge in [0.25, 0.3) is 0 Å². The van der Waals surface area contributed by atoms with Gasteiger partial charge in [-0.2, -0.15) is 0 Å².